The van der Waals surface area contributed by atoms with Crippen molar-refractivity contribution in [3.8, 4) is 11.5 Å². The Bertz CT molecular complexity index is 357. The van der Waals surface area contributed by atoms with Crippen molar-refractivity contribution in [2.75, 3.05) is 0 Å². The molecule has 60 valence electrons. The van der Waals surface area contributed by atoms with Crippen molar-refractivity contribution in [1.82, 2.24) is 15.1 Å². The highest BCUT2D eigenvalue weighted by atomic mass is 127. The Morgan fingerprint density at radius 2 is 2.17 bits per heavy atom. The van der Waals surface area contributed by atoms with Crippen LogP contribution < -0.4 is 0 Å². The quantitative estimate of drug-likeness (QED) is 0.742. The second kappa shape index (κ2) is 3.18. The SMILES string of the molecule is Ic1ccc(-c2ncon2)nc1. The lowest BCUT2D eigenvalue weighted by molar-refractivity contribution is 0.418. The smallest absolute Gasteiger partial charge is 0.220 e. The van der Waals surface area contributed by atoms with Crippen LogP contribution in [-0.4, -0.2) is 15.1 Å². The fourth-order valence-corrected chi connectivity index (χ4v) is 1.11. The van der Waals surface area contributed by atoms with Gasteiger partial charge in [-0.25, -0.2) is 0 Å². The lowest BCUT2D eigenvalue weighted by Crippen LogP contribution is -1.84. The van der Waals surface area contributed by atoms with Gasteiger partial charge in [0.05, 0.1) is 0 Å². The van der Waals surface area contributed by atoms with Gasteiger partial charge in [-0.2, -0.15) is 4.98 Å². The van der Waals surface area contributed by atoms with Crippen LogP contribution in [0.15, 0.2) is 29.2 Å². The Hall–Kier alpha value is -0.980. The van der Waals surface area contributed by atoms with E-state index >= 15 is 0 Å². The van der Waals surface area contributed by atoms with E-state index < -0.39 is 0 Å². The zero-order valence-corrected chi connectivity index (χ0v) is 8.09. The first kappa shape index (κ1) is 7.66. The van der Waals surface area contributed by atoms with Gasteiger partial charge in [0.1, 0.15) is 5.69 Å². The summed E-state index contributed by atoms with van der Waals surface area (Å²) >= 11 is 2.19. The number of pyridine rings is 1. The summed E-state index contributed by atoms with van der Waals surface area (Å²) in [5.74, 6) is 0.520. The third kappa shape index (κ3) is 1.45. The first-order chi connectivity index (χ1) is 5.86. The molecule has 0 saturated carbocycles. The summed E-state index contributed by atoms with van der Waals surface area (Å²) in [4.78, 5) is 8.00. The fraction of sp³-hybridized carbons (Fsp3) is 0. The molecule has 0 saturated heterocycles. The van der Waals surface area contributed by atoms with E-state index in [9.17, 15) is 0 Å². The Morgan fingerprint density at radius 1 is 1.25 bits per heavy atom. The summed E-state index contributed by atoms with van der Waals surface area (Å²) in [6, 6.07) is 3.80. The summed E-state index contributed by atoms with van der Waals surface area (Å²) in [6.07, 6.45) is 3.04. The normalized spacial score (nSPS) is 10.1. The van der Waals surface area contributed by atoms with E-state index in [1.54, 1.807) is 6.20 Å². The Labute approximate surface area is 82.2 Å². The molecule has 2 heterocycles. The number of hydrogen-bond donors (Lipinski definition) is 0. The third-order valence-corrected chi connectivity index (χ3v) is 1.96. The van der Waals surface area contributed by atoms with Crippen molar-refractivity contribution in [3.05, 3.63) is 28.3 Å². The van der Waals surface area contributed by atoms with E-state index in [2.05, 4.69) is 42.2 Å². The number of rotatable bonds is 1. The van der Waals surface area contributed by atoms with E-state index in [4.69, 9.17) is 0 Å². The van der Waals surface area contributed by atoms with Crippen LogP contribution in [0.3, 0.4) is 0 Å². The van der Waals surface area contributed by atoms with Crippen molar-refractivity contribution < 1.29 is 4.52 Å². The summed E-state index contributed by atoms with van der Waals surface area (Å²) in [6.45, 7) is 0. The highest BCUT2D eigenvalue weighted by Crippen LogP contribution is 2.11. The standard InChI is InChI=1S/C7H4IN3O/c8-5-1-2-6(9-3-5)7-10-4-12-11-7/h1-4H. The number of halogens is 1. The summed E-state index contributed by atoms with van der Waals surface area (Å²) in [5, 5.41) is 3.67. The first-order valence-electron chi connectivity index (χ1n) is 3.24. The molecule has 0 aliphatic rings. The number of nitrogens with zero attached hydrogens (tertiary/aromatic N) is 3. The monoisotopic (exact) mass is 273 g/mol. The van der Waals surface area contributed by atoms with Crippen LogP contribution in [0.1, 0.15) is 0 Å². The van der Waals surface area contributed by atoms with E-state index in [0.717, 1.165) is 9.26 Å². The maximum Gasteiger partial charge on any atom is 0.220 e. The summed E-state index contributed by atoms with van der Waals surface area (Å²) in [7, 11) is 0. The van der Waals surface area contributed by atoms with E-state index in [0.29, 0.717) is 5.82 Å². The summed E-state index contributed by atoms with van der Waals surface area (Å²) < 4.78 is 5.68. The van der Waals surface area contributed by atoms with Gasteiger partial charge in [0.25, 0.3) is 0 Å². The zero-order chi connectivity index (χ0) is 8.39. The van der Waals surface area contributed by atoms with E-state index in [-0.39, 0.29) is 0 Å². The molecule has 0 atom stereocenters. The van der Waals surface area contributed by atoms with Crippen LogP contribution in [0.2, 0.25) is 0 Å². The van der Waals surface area contributed by atoms with Crippen molar-refractivity contribution in [3.63, 3.8) is 0 Å². The van der Waals surface area contributed by atoms with Crippen LogP contribution in [0.4, 0.5) is 0 Å². The molecule has 0 aromatic carbocycles. The highest BCUT2D eigenvalue weighted by molar-refractivity contribution is 14.1. The molecular weight excluding hydrogens is 269 g/mol. The van der Waals surface area contributed by atoms with E-state index in [1.165, 1.54) is 6.39 Å². The lowest BCUT2D eigenvalue weighted by Gasteiger charge is -1.91. The van der Waals surface area contributed by atoms with Crippen LogP contribution in [-0.2, 0) is 0 Å². The van der Waals surface area contributed by atoms with Crippen LogP contribution in [0.5, 0.6) is 0 Å². The highest BCUT2D eigenvalue weighted by Gasteiger charge is 2.02. The molecule has 0 N–H and O–H groups in total. The van der Waals surface area contributed by atoms with Gasteiger partial charge in [-0.15, -0.1) is 0 Å². The second-order valence-electron chi connectivity index (χ2n) is 2.12. The van der Waals surface area contributed by atoms with Crippen molar-refractivity contribution in [2.24, 2.45) is 0 Å². The lowest BCUT2D eigenvalue weighted by atomic mass is 10.3. The molecule has 0 spiro atoms. The van der Waals surface area contributed by atoms with Gasteiger partial charge in [-0.1, -0.05) is 5.16 Å². The van der Waals surface area contributed by atoms with Crippen molar-refractivity contribution in [1.29, 1.82) is 0 Å². The van der Waals surface area contributed by atoms with Gasteiger partial charge in [0.15, 0.2) is 0 Å². The van der Waals surface area contributed by atoms with Crippen LogP contribution in [0, 0.1) is 3.57 Å². The zero-order valence-electron chi connectivity index (χ0n) is 5.94. The molecule has 2 rings (SSSR count). The second-order valence-corrected chi connectivity index (χ2v) is 3.36. The minimum Gasteiger partial charge on any atom is -0.342 e. The van der Waals surface area contributed by atoms with Gasteiger partial charge in [-0.05, 0) is 34.7 Å². The molecule has 0 aliphatic heterocycles. The molecule has 5 heteroatoms. The number of aromatic nitrogens is 3. The maximum absolute atomic E-state index is 4.60. The first-order valence-corrected chi connectivity index (χ1v) is 4.32. The van der Waals surface area contributed by atoms with Crippen molar-refractivity contribution in [2.45, 2.75) is 0 Å². The Kier molecular flexibility index (Phi) is 2.03. The minimum atomic E-state index is 0.520. The van der Waals surface area contributed by atoms with Gasteiger partial charge in [0, 0.05) is 9.77 Å². The van der Waals surface area contributed by atoms with Gasteiger partial charge >= 0.3 is 0 Å². The third-order valence-electron chi connectivity index (χ3n) is 1.32. The molecule has 4 nitrogen and oxygen atoms in total. The number of hydrogen-bond acceptors (Lipinski definition) is 4. The van der Waals surface area contributed by atoms with Crippen LogP contribution in [0.25, 0.3) is 11.5 Å². The topological polar surface area (TPSA) is 51.8 Å². The molecule has 0 fully saturated rings. The average molecular weight is 273 g/mol. The Balaban J connectivity index is 2.43. The van der Waals surface area contributed by atoms with Gasteiger partial charge in [0.2, 0.25) is 12.2 Å². The molecule has 2 aromatic heterocycles. The summed E-state index contributed by atoms with van der Waals surface area (Å²) in [5.41, 5.74) is 0.726. The Morgan fingerprint density at radius 3 is 2.75 bits per heavy atom. The molecule has 0 radical (unpaired) electrons. The van der Waals surface area contributed by atoms with Crippen LogP contribution >= 0.6 is 22.6 Å². The molecule has 0 bridgehead atoms. The molecule has 2 aromatic rings. The van der Waals surface area contributed by atoms with Gasteiger partial charge in [-0.3, -0.25) is 4.98 Å². The molecular formula is C7H4IN3O. The minimum absolute atomic E-state index is 0.520. The largest absolute Gasteiger partial charge is 0.342 e. The predicted octanol–water partition coefficient (Wildman–Crippen LogP) is 1.74. The van der Waals surface area contributed by atoms with Gasteiger partial charge < -0.3 is 4.52 Å². The molecule has 0 unspecified atom stereocenters. The average Bonchev–Trinajstić information content (AvgIpc) is 2.58. The predicted molar refractivity (Wildman–Crippen MR) is 50.2 cm³/mol. The maximum atomic E-state index is 4.60. The molecule has 0 aliphatic carbocycles. The molecule has 0 amide bonds. The van der Waals surface area contributed by atoms with Crippen molar-refractivity contribution >= 4 is 22.6 Å². The molecule has 12 heavy (non-hydrogen) atoms. The van der Waals surface area contributed by atoms with E-state index in [1.807, 2.05) is 12.1 Å². The fourth-order valence-electron chi connectivity index (χ4n) is 0.792.